The minimum Gasteiger partial charge on any atom is -0.325 e. The summed E-state index contributed by atoms with van der Waals surface area (Å²) in [6, 6.07) is 0. The Bertz CT molecular complexity index is 145. The molecule has 0 heterocycles. The third kappa shape index (κ3) is 4.08. The summed E-state index contributed by atoms with van der Waals surface area (Å²) in [5.41, 5.74) is 5.45. The third-order valence-electron chi connectivity index (χ3n) is 2.88. The fraction of sp³-hybridized carbons (Fsp3) is 1.00. The van der Waals surface area contributed by atoms with Crippen LogP contribution in [0.2, 0.25) is 0 Å². The SMILES string of the molecule is CC(C)(N)CC(F)C1CCCCC1. The molecular weight excluding hydrogens is 165 g/mol. The average molecular weight is 187 g/mol. The van der Waals surface area contributed by atoms with Crippen LogP contribution in [-0.4, -0.2) is 11.7 Å². The van der Waals surface area contributed by atoms with Crippen molar-refractivity contribution in [3.05, 3.63) is 0 Å². The number of halogens is 1. The molecule has 0 amide bonds. The molecule has 13 heavy (non-hydrogen) atoms. The van der Waals surface area contributed by atoms with Crippen molar-refractivity contribution >= 4 is 0 Å². The van der Waals surface area contributed by atoms with Crippen LogP contribution in [0, 0.1) is 5.92 Å². The second-order valence-corrected chi connectivity index (χ2v) is 5.11. The van der Waals surface area contributed by atoms with Gasteiger partial charge >= 0.3 is 0 Å². The molecule has 0 radical (unpaired) electrons. The molecule has 0 aromatic rings. The van der Waals surface area contributed by atoms with E-state index in [1.54, 1.807) is 0 Å². The van der Waals surface area contributed by atoms with Gasteiger partial charge in [-0.3, -0.25) is 0 Å². The van der Waals surface area contributed by atoms with Crippen LogP contribution in [0.5, 0.6) is 0 Å². The van der Waals surface area contributed by atoms with E-state index in [-0.39, 0.29) is 11.5 Å². The zero-order chi connectivity index (χ0) is 9.90. The fourth-order valence-corrected chi connectivity index (χ4v) is 2.17. The standard InChI is InChI=1S/C11H22FN/c1-11(2,13)8-10(12)9-6-4-3-5-7-9/h9-10H,3-8,13H2,1-2H3. The van der Waals surface area contributed by atoms with Crippen molar-refractivity contribution in [1.29, 1.82) is 0 Å². The minimum absolute atomic E-state index is 0.288. The second-order valence-electron chi connectivity index (χ2n) is 5.11. The number of hydrogen-bond acceptors (Lipinski definition) is 1. The minimum atomic E-state index is -0.680. The first-order valence-electron chi connectivity index (χ1n) is 5.42. The first kappa shape index (κ1) is 11.0. The predicted molar refractivity (Wildman–Crippen MR) is 54.4 cm³/mol. The van der Waals surface area contributed by atoms with Crippen LogP contribution >= 0.6 is 0 Å². The first-order chi connectivity index (χ1) is 5.99. The summed E-state index contributed by atoms with van der Waals surface area (Å²) in [6.45, 7) is 3.81. The number of nitrogens with two attached hydrogens (primary N) is 1. The normalized spacial score (nSPS) is 23.1. The van der Waals surface area contributed by atoms with Gasteiger partial charge in [0, 0.05) is 5.54 Å². The van der Waals surface area contributed by atoms with E-state index < -0.39 is 6.17 Å². The molecule has 78 valence electrons. The van der Waals surface area contributed by atoms with E-state index in [2.05, 4.69) is 0 Å². The predicted octanol–water partition coefficient (Wildman–Crippen LogP) is 3.03. The van der Waals surface area contributed by atoms with Gasteiger partial charge in [0.15, 0.2) is 0 Å². The Morgan fingerprint density at radius 2 is 1.85 bits per heavy atom. The zero-order valence-corrected chi connectivity index (χ0v) is 8.85. The van der Waals surface area contributed by atoms with Crippen LogP contribution in [0.3, 0.4) is 0 Å². The van der Waals surface area contributed by atoms with E-state index in [9.17, 15) is 4.39 Å². The highest BCUT2D eigenvalue weighted by Gasteiger charge is 2.27. The lowest BCUT2D eigenvalue weighted by Gasteiger charge is -2.29. The topological polar surface area (TPSA) is 26.0 Å². The van der Waals surface area contributed by atoms with Crippen molar-refractivity contribution < 1.29 is 4.39 Å². The van der Waals surface area contributed by atoms with E-state index in [0.29, 0.717) is 6.42 Å². The van der Waals surface area contributed by atoms with Gasteiger partial charge in [-0.15, -0.1) is 0 Å². The molecular formula is C11H22FN. The Kier molecular flexibility index (Phi) is 3.72. The van der Waals surface area contributed by atoms with E-state index in [1.165, 1.54) is 19.3 Å². The van der Waals surface area contributed by atoms with Crippen molar-refractivity contribution in [2.75, 3.05) is 0 Å². The number of alkyl halides is 1. The van der Waals surface area contributed by atoms with Crippen molar-refractivity contribution in [2.45, 2.75) is 64.1 Å². The van der Waals surface area contributed by atoms with Crippen molar-refractivity contribution in [3.63, 3.8) is 0 Å². The van der Waals surface area contributed by atoms with Crippen LogP contribution in [0.25, 0.3) is 0 Å². The summed E-state index contributed by atoms with van der Waals surface area (Å²) in [7, 11) is 0. The molecule has 1 saturated carbocycles. The summed E-state index contributed by atoms with van der Waals surface area (Å²) in [4.78, 5) is 0. The maximum atomic E-state index is 13.7. The van der Waals surface area contributed by atoms with Crippen LogP contribution in [0.1, 0.15) is 52.4 Å². The van der Waals surface area contributed by atoms with Crippen molar-refractivity contribution in [1.82, 2.24) is 0 Å². The van der Waals surface area contributed by atoms with Gasteiger partial charge in [-0.25, -0.2) is 4.39 Å². The van der Waals surface area contributed by atoms with Crippen LogP contribution in [0.15, 0.2) is 0 Å². The molecule has 0 spiro atoms. The molecule has 1 unspecified atom stereocenters. The molecule has 2 heteroatoms. The third-order valence-corrected chi connectivity index (χ3v) is 2.88. The molecule has 0 aliphatic heterocycles. The summed E-state index contributed by atoms with van der Waals surface area (Å²) in [5.74, 6) is 0.288. The lowest BCUT2D eigenvalue weighted by molar-refractivity contribution is 0.148. The van der Waals surface area contributed by atoms with Crippen LogP contribution in [-0.2, 0) is 0 Å². The molecule has 1 aliphatic carbocycles. The quantitative estimate of drug-likeness (QED) is 0.722. The van der Waals surface area contributed by atoms with Crippen molar-refractivity contribution in [3.8, 4) is 0 Å². The molecule has 1 aliphatic rings. The Morgan fingerprint density at radius 3 is 2.31 bits per heavy atom. The summed E-state index contributed by atoms with van der Waals surface area (Å²) in [6.07, 6.45) is 5.66. The number of hydrogen-bond donors (Lipinski definition) is 1. The van der Waals surface area contributed by atoms with E-state index in [0.717, 1.165) is 12.8 Å². The second kappa shape index (κ2) is 4.41. The molecule has 1 atom stereocenters. The van der Waals surface area contributed by atoms with Gasteiger partial charge in [-0.05, 0) is 39.0 Å². The van der Waals surface area contributed by atoms with Gasteiger partial charge in [-0.2, -0.15) is 0 Å². The Balaban J connectivity index is 2.33. The lowest BCUT2D eigenvalue weighted by atomic mass is 9.82. The monoisotopic (exact) mass is 187 g/mol. The summed E-state index contributed by atoms with van der Waals surface area (Å²) in [5, 5.41) is 0. The molecule has 1 rings (SSSR count). The summed E-state index contributed by atoms with van der Waals surface area (Å²) < 4.78 is 13.7. The smallest absolute Gasteiger partial charge is 0.105 e. The zero-order valence-electron chi connectivity index (χ0n) is 8.85. The molecule has 0 bridgehead atoms. The lowest BCUT2D eigenvalue weighted by Crippen LogP contribution is -2.37. The van der Waals surface area contributed by atoms with Gasteiger partial charge in [0.05, 0.1) is 0 Å². The maximum Gasteiger partial charge on any atom is 0.105 e. The first-order valence-corrected chi connectivity index (χ1v) is 5.42. The highest BCUT2D eigenvalue weighted by molar-refractivity contribution is 4.82. The highest BCUT2D eigenvalue weighted by atomic mass is 19.1. The molecule has 2 N–H and O–H groups in total. The largest absolute Gasteiger partial charge is 0.325 e. The van der Waals surface area contributed by atoms with E-state index in [1.807, 2.05) is 13.8 Å². The maximum absolute atomic E-state index is 13.7. The Hall–Kier alpha value is -0.110. The fourth-order valence-electron chi connectivity index (χ4n) is 2.17. The van der Waals surface area contributed by atoms with E-state index in [4.69, 9.17) is 5.73 Å². The van der Waals surface area contributed by atoms with Crippen molar-refractivity contribution in [2.24, 2.45) is 11.7 Å². The van der Waals surface area contributed by atoms with Gasteiger partial charge in [0.25, 0.3) is 0 Å². The molecule has 0 aromatic carbocycles. The molecule has 0 saturated heterocycles. The van der Waals surface area contributed by atoms with Gasteiger partial charge < -0.3 is 5.73 Å². The molecule has 0 aromatic heterocycles. The molecule has 1 fully saturated rings. The highest BCUT2D eigenvalue weighted by Crippen LogP contribution is 2.31. The summed E-state index contributed by atoms with van der Waals surface area (Å²) >= 11 is 0. The Morgan fingerprint density at radius 1 is 1.31 bits per heavy atom. The average Bonchev–Trinajstić information content (AvgIpc) is 2.03. The Labute approximate surface area is 80.9 Å². The van der Waals surface area contributed by atoms with Gasteiger partial charge in [0.2, 0.25) is 0 Å². The van der Waals surface area contributed by atoms with Gasteiger partial charge in [-0.1, -0.05) is 19.3 Å². The number of rotatable bonds is 3. The van der Waals surface area contributed by atoms with Gasteiger partial charge in [0.1, 0.15) is 6.17 Å². The van der Waals surface area contributed by atoms with Crippen LogP contribution < -0.4 is 5.73 Å². The van der Waals surface area contributed by atoms with E-state index >= 15 is 0 Å². The van der Waals surface area contributed by atoms with Crippen LogP contribution in [0.4, 0.5) is 4.39 Å². The molecule has 1 nitrogen and oxygen atoms in total.